The smallest absolute Gasteiger partial charge is 0.416 e. The molecule has 0 radical (unpaired) electrons. The lowest BCUT2D eigenvalue weighted by Gasteiger charge is -2.06. The summed E-state index contributed by atoms with van der Waals surface area (Å²) in [6, 6.07) is 6.16. The minimum atomic E-state index is -4.39. The molecule has 0 fully saturated rings. The van der Waals surface area contributed by atoms with Gasteiger partial charge in [0.1, 0.15) is 6.33 Å². The molecule has 0 atom stereocenters. The summed E-state index contributed by atoms with van der Waals surface area (Å²) in [5.74, 6) is -1.62. The van der Waals surface area contributed by atoms with Gasteiger partial charge in [0.25, 0.3) is 5.78 Å². The number of rotatable bonds is 6. The zero-order valence-electron chi connectivity index (χ0n) is 12.9. The molecule has 26 heavy (non-hydrogen) atoms. The fourth-order valence-electron chi connectivity index (χ4n) is 2.04. The first-order chi connectivity index (χ1) is 12.3. The molecule has 0 spiro atoms. The number of nitrogens with zero attached hydrogens (tertiary/aromatic N) is 2. The third-order valence-electron chi connectivity index (χ3n) is 3.28. The van der Waals surface area contributed by atoms with E-state index in [0.717, 1.165) is 30.2 Å². The van der Waals surface area contributed by atoms with Gasteiger partial charge in [0.15, 0.2) is 10.9 Å². The van der Waals surface area contributed by atoms with E-state index in [1.807, 2.05) is 0 Å². The van der Waals surface area contributed by atoms with E-state index < -0.39 is 23.3 Å². The molecule has 0 aliphatic heterocycles. The highest BCUT2D eigenvalue weighted by Gasteiger charge is 2.30. The Labute approximate surface area is 148 Å². The lowest BCUT2D eigenvalue weighted by atomic mass is 10.1. The van der Waals surface area contributed by atoms with Crippen LogP contribution in [0.3, 0.4) is 0 Å². The summed E-state index contributed by atoms with van der Waals surface area (Å²) in [6.07, 6.45) is -2.14. The number of aromatic amines is 1. The Morgan fingerprint density at radius 3 is 2.54 bits per heavy atom. The van der Waals surface area contributed by atoms with E-state index in [9.17, 15) is 22.8 Å². The first-order valence-corrected chi connectivity index (χ1v) is 8.00. The molecule has 2 heterocycles. The van der Waals surface area contributed by atoms with Gasteiger partial charge in [-0.25, -0.2) is 4.98 Å². The highest BCUT2D eigenvalue weighted by molar-refractivity contribution is 7.99. The second kappa shape index (κ2) is 7.16. The second-order valence-corrected chi connectivity index (χ2v) is 6.24. The van der Waals surface area contributed by atoms with Crippen LogP contribution in [0.1, 0.15) is 21.7 Å². The number of hydrogen-bond donors (Lipinski definition) is 1. The minimum Gasteiger partial charge on any atom is -0.457 e. The molecule has 3 aromatic rings. The van der Waals surface area contributed by atoms with Gasteiger partial charge in [0.2, 0.25) is 5.78 Å². The summed E-state index contributed by atoms with van der Waals surface area (Å²) in [5, 5.41) is 6.21. The van der Waals surface area contributed by atoms with Crippen molar-refractivity contribution < 1.29 is 27.2 Å². The lowest BCUT2D eigenvalue weighted by Crippen LogP contribution is -2.17. The van der Waals surface area contributed by atoms with Crippen LogP contribution in [0.15, 0.2) is 57.3 Å². The number of ketones is 2. The van der Waals surface area contributed by atoms with Gasteiger partial charge in [0.05, 0.1) is 11.8 Å². The van der Waals surface area contributed by atoms with Crippen LogP contribution < -0.4 is 0 Å². The van der Waals surface area contributed by atoms with Crippen LogP contribution in [0, 0.1) is 0 Å². The highest BCUT2D eigenvalue weighted by Crippen LogP contribution is 2.33. The van der Waals surface area contributed by atoms with E-state index in [1.54, 1.807) is 6.07 Å². The molecule has 1 N–H and O–H groups in total. The fourth-order valence-corrected chi connectivity index (χ4v) is 2.85. The molecular weight excluding hydrogens is 371 g/mol. The first kappa shape index (κ1) is 17.9. The van der Waals surface area contributed by atoms with Crippen LogP contribution in [-0.4, -0.2) is 26.7 Å². The van der Waals surface area contributed by atoms with Crippen LogP contribution in [0.25, 0.3) is 0 Å². The third kappa shape index (κ3) is 4.20. The summed E-state index contributed by atoms with van der Waals surface area (Å²) in [6.45, 7) is 0. The average Bonchev–Trinajstić information content (AvgIpc) is 3.26. The standard InChI is InChI=1S/C16H10F3N3O3S/c17-16(18,19)10-1-3-11(4-2-10)26-13-6-9(7-25-13)5-12(23)14(24)15-20-8-21-22-15/h1-4,6-8H,5H2,(H,20,21,22). The summed E-state index contributed by atoms with van der Waals surface area (Å²) in [7, 11) is 0. The number of hydrogen-bond acceptors (Lipinski definition) is 6. The van der Waals surface area contributed by atoms with E-state index in [1.165, 1.54) is 18.4 Å². The van der Waals surface area contributed by atoms with Crippen molar-refractivity contribution in [1.82, 2.24) is 15.2 Å². The maximum absolute atomic E-state index is 12.5. The zero-order valence-corrected chi connectivity index (χ0v) is 13.7. The number of carbonyl (C=O) groups is 2. The van der Waals surface area contributed by atoms with Crippen LogP contribution in [0.2, 0.25) is 0 Å². The molecule has 0 bridgehead atoms. The Hall–Kier alpha value is -2.88. The maximum Gasteiger partial charge on any atom is 0.416 e. The number of benzene rings is 1. The third-order valence-corrected chi connectivity index (χ3v) is 4.20. The molecule has 2 aromatic heterocycles. The van der Waals surface area contributed by atoms with Gasteiger partial charge >= 0.3 is 6.18 Å². The molecule has 134 valence electrons. The molecule has 0 aliphatic carbocycles. The monoisotopic (exact) mass is 381 g/mol. The van der Waals surface area contributed by atoms with Gasteiger partial charge < -0.3 is 4.42 Å². The number of Topliss-reactive ketones (excluding diaryl/α,β-unsaturated/α-hetero) is 2. The minimum absolute atomic E-state index is 0.141. The quantitative estimate of drug-likeness (QED) is 0.519. The molecule has 6 nitrogen and oxygen atoms in total. The van der Waals surface area contributed by atoms with Crippen molar-refractivity contribution in [1.29, 1.82) is 0 Å². The normalized spacial score (nSPS) is 11.5. The van der Waals surface area contributed by atoms with Crippen molar-refractivity contribution in [3.63, 3.8) is 0 Å². The Morgan fingerprint density at radius 2 is 1.92 bits per heavy atom. The number of furan rings is 1. The Morgan fingerprint density at radius 1 is 1.19 bits per heavy atom. The van der Waals surface area contributed by atoms with Crippen molar-refractivity contribution in [3.8, 4) is 0 Å². The van der Waals surface area contributed by atoms with Crippen molar-refractivity contribution in [2.45, 2.75) is 22.6 Å². The highest BCUT2D eigenvalue weighted by atomic mass is 32.2. The van der Waals surface area contributed by atoms with Crippen LogP contribution >= 0.6 is 11.8 Å². The van der Waals surface area contributed by atoms with E-state index in [2.05, 4.69) is 15.2 Å². The molecule has 0 unspecified atom stereocenters. The van der Waals surface area contributed by atoms with Gasteiger partial charge in [-0.2, -0.15) is 18.3 Å². The predicted molar refractivity (Wildman–Crippen MR) is 83.7 cm³/mol. The van der Waals surface area contributed by atoms with Gasteiger partial charge in [-0.15, -0.1) is 0 Å². The topological polar surface area (TPSA) is 88.8 Å². The number of halogens is 3. The largest absolute Gasteiger partial charge is 0.457 e. The van der Waals surface area contributed by atoms with Crippen molar-refractivity contribution in [2.75, 3.05) is 0 Å². The predicted octanol–water partition coefficient (Wildman–Crippen LogP) is 3.56. The molecule has 0 saturated carbocycles. The molecule has 1 aromatic carbocycles. The van der Waals surface area contributed by atoms with Gasteiger partial charge in [-0.1, -0.05) is 11.8 Å². The molecule has 0 saturated heterocycles. The number of aromatic nitrogens is 3. The molecule has 0 amide bonds. The van der Waals surface area contributed by atoms with E-state index in [4.69, 9.17) is 4.42 Å². The summed E-state index contributed by atoms with van der Waals surface area (Å²) in [5.41, 5.74) is -0.268. The van der Waals surface area contributed by atoms with Gasteiger partial charge in [0, 0.05) is 11.3 Å². The lowest BCUT2D eigenvalue weighted by molar-refractivity contribution is -0.137. The van der Waals surface area contributed by atoms with E-state index >= 15 is 0 Å². The Kier molecular flexibility index (Phi) is 4.94. The molecule has 0 aliphatic rings. The van der Waals surface area contributed by atoms with E-state index in [0.29, 0.717) is 15.6 Å². The van der Waals surface area contributed by atoms with Gasteiger partial charge in [-0.05, 0) is 35.9 Å². The number of carbonyl (C=O) groups excluding carboxylic acids is 2. The van der Waals surface area contributed by atoms with Crippen molar-refractivity contribution in [2.24, 2.45) is 0 Å². The van der Waals surface area contributed by atoms with Crippen LogP contribution in [0.4, 0.5) is 13.2 Å². The summed E-state index contributed by atoms with van der Waals surface area (Å²) in [4.78, 5) is 27.9. The summed E-state index contributed by atoms with van der Waals surface area (Å²) < 4.78 is 42.9. The number of nitrogens with one attached hydrogen (secondary N) is 1. The Bertz CT molecular complexity index is 918. The Balaban J connectivity index is 1.63. The maximum atomic E-state index is 12.5. The van der Waals surface area contributed by atoms with E-state index in [-0.39, 0.29) is 12.2 Å². The zero-order chi connectivity index (χ0) is 18.7. The van der Waals surface area contributed by atoms with Crippen LogP contribution in [0.5, 0.6) is 0 Å². The van der Waals surface area contributed by atoms with Crippen LogP contribution in [-0.2, 0) is 17.4 Å². The summed E-state index contributed by atoms with van der Waals surface area (Å²) >= 11 is 1.10. The second-order valence-electron chi connectivity index (χ2n) is 5.16. The molecule has 3 rings (SSSR count). The fraction of sp³-hybridized carbons (Fsp3) is 0.125. The van der Waals surface area contributed by atoms with Crippen molar-refractivity contribution >= 4 is 23.3 Å². The molecule has 10 heteroatoms. The number of alkyl halides is 3. The number of H-pyrrole nitrogens is 1. The van der Waals surface area contributed by atoms with Crippen molar-refractivity contribution in [3.05, 3.63) is 59.9 Å². The molecular formula is C16H10F3N3O3S. The first-order valence-electron chi connectivity index (χ1n) is 7.18. The average molecular weight is 381 g/mol. The SMILES string of the molecule is O=C(Cc1coc(Sc2ccc(C(F)(F)F)cc2)c1)C(=O)c1ncn[nH]1. The van der Waals surface area contributed by atoms with Gasteiger partial charge in [-0.3, -0.25) is 14.7 Å².